The first kappa shape index (κ1) is 11.9. The lowest BCUT2D eigenvalue weighted by molar-refractivity contribution is 0.569. The Bertz CT molecular complexity index is 561. The molecule has 0 amide bonds. The standard InChI is InChI=1S/C14H15BrN2O/c1-9-2-3-10(6-12(9)15)14-13(17-8-18-14)7-16-11-4-5-11/h2-3,6,8,11,16H,4-5,7H2,1H3. The fourth-order valence-electron chi connectivity index (χ4n) is 1.89. The Balaban J connectivity index is 1.85. The molecule has 94 valence electrons. The van der Waals surface area contributed by atoms with Crippen molar-refractivity contribution in [3.8, 4) is 11.3 Å². The average Bonchev–Trinajstić information content (AvgIpc) is 3.08. The van der Waals surface area contributed by atoms with Crippen LogP contribution in [0.25, 0.3) is 11.3 Å². The predicted molar refractivity (Wildman–Crippen MR) is 74.2 cm³/mol. The maximum absolute atomic E-state index is 5.53. The molecule has 0 aliphatic heterocycles. The van der Waals surface area contributed by atoms with E-state index in [1.54, 1.807) is 0 Å². The normalized spacial score (nSPS) is 15.0. The molecule has 1 heterocycles. The molecule has 1 aliphatic rings. The minimum atomic E-state index is 0.680. The van der Waals surface area contributed by atoms with Crippen LogP contribution < -0.4 is 5.32 Å². The summed E-state index contributed by atoms with van der Waals surface area (Å²) in [6, 6.07) is 6.91. The van der Waals surface area contributed by atoms with E-state index < -0.39 is 0 Å². The minimum Gasteiger partial charge on any atom is -0.443 e. The second-order valence-electron chi connectivity index (χ2n) is 4.75. The summed E-state index contributed by atoms with van der Waals surface area (Å²) < 4.78 is 6.62. The van der Waals surface area contributed by atoms with Crippen molar-refractivity contribution < 1.29 is 4.42 Å². The number of benzene rings is 1. The lowest BCUT2D eigenvalue weighted by atomic mass is 10.1. The molecule has 0 saturated heterocycles. The van der Waals surface area contributed by atoms with Crippen LogP contribution in [0.2, 0.25) is 0 Å². The molecule has 18 heavy (non-hydrogen) atoms. The topological polar surface area (TPSA) is 38.1 Å². The van der Waals surface area contributed by atoms with Crippen LogP contribution in [-0.2, 0) is 6.54 Å². The van der Waals surface area contributed by atoms with Crippen molar-refractivity contribution in [2.75, 3.05) is 0 Å². The second kappa shape index (κ2) is 4.86. The van der Waals surface area contributed by atoms with Gasteiger partial charge in [-0.15, -0.1) is 0 Å². The van der Waals surface area contributed by atoms with Crippen molar-refractivity contribution in [2.24, 2.45) is 0 Å². The minimum absolute atomic E-state index is 0.680. The Kier molecular flexibility index (Phi) is 3.22. The van der Waals surface area contributed by atoms with Gasteiger partial charge >= 0.3 is 0 Å². The van der Waals surface area contributed by atoms with E-state index in [4.69, 9.17) is 4.42 Å². The third-order valence-corrected chi connectivity index (χ3v) is 4.07. The Hall–Kier alpha value is -1.13. The highest BCUT2D eigenvalue weighted by Crippen LogP contribution is 2.28. The Morgan fingerprint density at radius 2 is 2.28 bits per heavy atom. The number of nitrogens with zero attached hydrogens (tertiary/aromatic N) is 1. The van der Waals surface area contributed by atoms with Crippen molar-refractivity contribution in [3.63, 3.8) is 0 Å². The van der Waals surface area contributed by atoms with Crippen LogP contribution in [-0.4, -0.2) is 11.0 Å². The summed E-state index contributed by atoms with van der Waals surface area (Å²) in [4.78, 5) is 4.30. The first-order valence-corrected chi connectivity index (χ1v) is 6.95. The molecule has 1 saturated carbocycles. The zero-order valence-electron chi connectivity index (χ0n) is 10.2. The van der Waals surface area contributed by atoms with Gasteiger partial charge in [0.25, 0.3) is 0 Å². The average molecular weight is 307 g/mol. The monoisotopic (exact) mass is 306 g/mol. The van der Waals surface area contributed by atoms with Crippen molar-refractivity contribution >= 4 is 15.9 Å². The second-order valence-corrected chi connectivity index (χ2v) is 5.60. The van der Waals surface area contributed by atoms with Crippen LogP contribution in [0.5, 0.6) is 0 Å². The van der Waals surface area contributed by atoms with Gasteiger partial charge in [0, 0.05) is 22.6 Å². The van der Waals surface area contributed by atoms with Crippen LogP contribution in [0, 0.1) is 6.92 Å². The quantitative estimate of drug-likeness (QED) is 0.936. The number of nitrogens with one attached hydrogen (secondary N) is 1. The summed E-state index contributed by atoms with van der Waals surface area (Å²) in [5, 5.41) is 3.46. The fraction of sp³-hybridized carbons (Fsp3) is 0.357. The van der Waals surface area contributed by atoms with Crippen LogP contribution >= 0.6 is 15.9 Å². The van der Waals surface area contributed by atoms with E-state index >= 15 is 0 Å². The first-order chi connectivity index (χ1) is 8.74. The smallest absolute Gasteiger partial charge is 0.181 e. The molecule has 1 aliphatic carbocycles. The number of aromatic nitrogens is 1. The molecular formula is C14H15BrN2O. The third kappa shape index (κ3) is 2.49. The Morgan fingerprint density at radius 1 is 1.44 bits per heavy atom. The van der Waals surface area contributed by atoms with E-state index in [2.05, 4.69) is 51.4 Å². The lowest BCUT2D eigenvalue weighted by Crippen LogP contribution is -2.15. The van der Waals surface area contributed by atoms with Crippen molar-refractivity contribution in [1.29, 1.82) is 0 Å². The highest BCUT2D eigenvalue weighted by atomic mass is 79.9. The molecular weight excluding hydrogens is 292 g/mol. The van der Waals surface area contributed by atoms with E-state index in [9.17, 15) is 0 Å². The maximum atomic E-state index is 5.53. The summed E-state index contributed by atoms with van der Waals surface area (Å²) >= 11 is 3.55. The largest absolute Gasteiger partial charge is 0.443 e. The van der Waals surface area contributed by atoms with Crippen LogP contribution in [0.3, 0.4) is 0 Å². The first-order valence-electron chi connectivity index (χ1n) is 6.16. The fourth-order valence-corrected chi connectivity index (χ4v) is 2.27. The number of rotatable bonds is 4. The zero-order valence-corrected chi connectivity index (χ0v) is 11.8. The van der Waals surface area contributed by atoms with Crippen LogP contribution in [0.1, 0.15) is 24.1 Å². The third-order valence-electron chi connectivity index (χ3n) is 3.21. The summed E-state index contributed by atoms with van der Waals surface area (Å²) in [7, 11) is 0. The van der Waals surface area contributed by atoms with E-state index in [0.717, 1.165) is 28.0 Å². The van der Waals surface area contributed by atoms with E-state index in [1.807, 2.05) is 0 Å². The highest BCUT2D eigenvalue weighted by Gasteiger charge is 2.21. The number of hydrogen-bond acceptors (Lipinski definition) is 3. The molecule has 3 rings (SSSR count). The molecule has 1 aromatic carbocycles. The molecule has 0 atom stereocenters. The Morgan fingerprint density at radius 3 is 3.00 bits per heavy atom. The predicted octanol–water partition coefficient (Wildman–Crippen LogP) is 3.66. The summed E-state index contributed by atoms with van der Waals surface area (Å²) in [5.41, 5.74) is 3.27. The van der Waals surface area contributed by atoms with Gasteiger partial charge in [0.15, 0.2) is 12.2 Å². The maximum Gasteiger partial charge on any atom is 0.181 e. The SMILES string of the molecule is Cc1ccc(-c2ocnc2CNC2CC2)cc1Br. The molecule has 4 heteroatoms. The zero-order chi connectivity index (χ0) is 12.5. The Labute approximate surface area is 115 Å². The van der Waals surface area contributed by atoms with Gasteiger partial charge in [0.05, 0.1) is 0 Å². The van der Waals surface area contributed by atoms with Crippen molar-refractivity contribution in [1.82, 2.24) is 10.3 Å². The lowest BCUT2D eigenvalue weighted by Gasteiger charge is -2.04. The number of aryl methyl sites for hydroxylation is 1. The summed E-state index contributed by atoms with van der Waals surface area (Å²) in [6.07, 6.45) is 4.08. The van der Waals surface area contributed by atoms with Crippen LogP contribution in [0.4, 0.5) is 0 Å². The molecule has 2 aromatic rings. The van der Waals surface area contributed by atoms with Crippen molar-refractivity contribution in [3.05, 3.63) is 40.3 Å². The van der Waals surface area contributed by atoms with Gasteiger partial charge in [0.1, 0.15) is 5.69 Å². The van der Waals surface area contributed by atoms with Gasteiger partial charge in [-0.05, 0) is 31.4 Å². The number of oxazole rings is 1. The number of hydrogen-bond donors (Lipinski definition) is 1. The summed E-state index contributed by atoms with van der Waals surface area (Å²) in [6.45, 7) is 2.85. The van der Waals surface area contributed by atoms with Gasteiger partial charge in [-0.25, -0.2) is 4.98 Å². The molecule has 1 N–H and O–H groups in total. The van der Waals surface area contributed by atoms with Crippen LogP contribution in [0.15, 0.2) is 33.5 Å². The molecule has 0 unspecified atom stereocenters. The molecule has 1 aromatic heterocycles. The van der Waals surface area contributed by atoms with Gasteiger partial charge in [-0.2, -0.15) is 0 Å². The molecule has 0 radical (unpaired) electrons. The van der Waals surface area contributed by atoms with Crippen molar-refractivity contribution in [2.45, 2.75) is 32.4 Å². The van der Waals surface area contributed by atoms with E-state index in [-0.39, 0.29) is 0 Å². The van der Waals surface area contributed by atoms with Gasteiger partial charge < -0.3 is 9.73 Å². The van der Waals surface area contributed by atoms with Gasteiger partial charge in [-0.3, -0.25) is 0 Å². The van der Waals surface area contributed by atoms with E-state index in [0.29, 0.717) is 6.04 Å². The van der Waals surface area contributed by atoms with Gasteiger partial charge in [-0.1, -0.05) is 28.1 Å². The molecule has 1 fully saturated rings. The van der Waals surface area contributed by atoms with Gasteiger partial charge in [0.2, 0.25) is 0 Å². The summed E-state index contributed by atoms with van der Waals surface area (Å²) in [5.74, 6) is 0.865. The van der Waals surface area contributed by atoms with E-state index in [1.165, 1.54) is 24.8 Å². The highest BCUT2D eigenvalue weighted by molar-refractivity contribution is 9.10. The molecule has 0 spiro atoms. The number of halogens is 1. The molecule has 0 bridgehead atoms. The molecule has 3 nitrogen and oxygen atoms in total.